The maximum absolute atomic E-state index is 14.2. The molecule has 188 valence electrons. The van der Waals surface area contributed by atoms with Gasteiger partial charge in [0.2, 0.25) is 5.91 Å². The third-order valence-corrected chi connectivity index (χ3v) is 5.54. The van der Waals surface area contributed by atoms with E-state index in [2.05, 4.69) is 25.7 Å². The standard InChI is InChI=1S/C25H23FN8O3/c1-25(2,37)21(26)12-31-24(36)18-10-29-19(17-11-32-34-13-14(8-27)9-30-23(17)34)7-20(18)33-16-5-3-4-15(6-16)22(28)35/h3-7,9-11,13,21,37H,12H2,1-2H3,(H2,28,35)(H,29,33)(H,31,36)/t21-/m1/s1. The normalized spacial score (nSPS) is 12.1. The number of aliphatic hydroxyl groups is 1. The second-order valence-corrected chi connectivity index (χ2v) is 8.80. The van der Waals surface area contributed by atoms with Crippen molar-refractivity contribution in [3.8, 4) is 17.3 Å². The number of carbonyl (C=O) groups is 2. The molecule has 0 radical (unpaired) electrons. The highest BCUT2D eigenvalue weighted by atomic mass is 19.1. The summed E-state index contributed by atoms with van der Waals surface area (Å²) in [7, 11) is 0. The van der Waals surface area contributed by atoms with E-state index < -0.39 is 30.1 Å². The summed E-state index contributed by atoms with van der Waals surface area (Å²) in [6.07, 6.45) is 4.08. The predicted octanol–water partition coefficient (Wildman–Crippen LogP) is 2.34. The van der Waals surface area contributed by atoms with Gasteiger partial charge in [-0.05, 0) is 38.1 Å². The molecule has 0 aliphatic carbocycles. The highest BCUT2D eigenvalue weighted by molar-refractivity contribution is 6.01. The Labute approximate surface area is 210 Å². The maximum Gasteiger partial charge on any atom is 0.255 e. The Bertz CT molecular complexity index is 1540. The first-order valence-electron chi connectivity index (χ1n) is 11.1. The van der Waals surface area contributed by atoms with Crippen molar-refractivity contribution in [1.82, 2.24) is 24.9 Å². The molecule has 0 unspecified atom stereocenters. The predicted molar refractivity (Wildman–Crippen MR) is 133 cm³/mol. The first-order valence-corrected chi connectivity index (χ1v) is 11.1. The minimum atomic E-state index is -1.70. The van der Waals surface area contributed by atoms with E-state index in [4.69, 9.17) is 11.0 Å². The monoisotopic (exact) mass is 502 g/mol. The number of alkyl halides is 1. The summed E-state index contributed by atoms with van der Waals surface area (Å²) >= 11 is 0. The number of nitriles is 1. The van der Waals surface area contributed by atoms with Crippen LogP contribution in [0.5, 0.6) is 0 Å². The molecule has 12 heteroatoms. The fourth-order valence-electron chi connectivity index (χ4n) is 3.43. The number of nitrogens with zero attached hydrogens (tertiary/aromatic N) is 5. The lowest BCUT2D eigenvalue weighted by atomic mass is 10.0. The van der Waals surface area contributed by atoms with Crippen molar-refractivity contribution in [3.63, 3.8) is 0 Å². The molecule has 0 saturated heterocycles. The second kappa shape index (κ2) is 10.00. The number of aromatic nitrogens is 4. The van der Waals surface area contributed by atoms with Crippen LogP contribution in [0.3, 0.4) is 0 Å². The number of halogens is 1. The highest BCUT2D eigenvalue weighted by Gasteiger charge is 2.27. The van der Waals surface area contributed by atoms with Crippen molar-refractivity contribution in [2.75, 3.05) is 11.9 Å². The first-order chi connectivity index (χ1) is 17.6. The number of hydrogen-bond donors (Lipinski definition) is 4. The minimum Gasteiger partial charge on any atom is -0.387 e. The van der Waals surface area contributed by atoms with Crippen LogP contribution in [0, 0.1) is 11.3 Å². The number of rotatable bonds is 8. The number of hydrogen-bond acceptors (Lipinski definition) is 8. The highest BCUT2D eigenvalue weighted by Crippen LogP contribution is 2.28. The summed E-state index contributed by atoms with van der Waals surface area (Å²) < 4.78 is 15.7. The molecule has 1 aromatic carbocycles. The largest absolute Gasteiger partial charge is 0.387 e. The lowest BCUT2D eigenvalue weighted by molar-refractivity contribution is -0.00177. The molecule has 0 saturated carbocycles. The summed E-state index contributed by atoms with van der Waals surface area (Å²) in [6.45, 7) is 2.20. The van der Waals surface area contributed by atoms with Crippen LogP contribution in [0.4, 0.5) is 15.8 Å². The zero-order chi connectivity index (χ0) is 26.7. The van der Waals surface area contributed by atoms with Gasteiger partial charge in [0, 0.05) is 23.6 Å². The number of nitrogens with two attached hydrogens (primary N) is 1. The van der Waals surface area contributed by atoms with Crippen LogP contribution in [0.15, 0.2) is 55.1 Å². The zero-order valence-corrected chi connectivity index (χ0v) is 19.9. The molecule has 11 nitrogen and oxygen atoms in total. The number of primary amides is 1. The fourth-order valence-corrected chi connectivity index (χ4v) is 3.43. The number of pyridine rings is 1. The number of amides is 2. The number of benzene rings is 1. The lowest BCUT2D eigenvalue weighted by Crippen LogP contribution is -2.42. The smallest absolute Gasteiger partial charge is 0.255 e. The van der Waals surface area contributed by atoms with Crippen LogP contribution in [-0.2, 0) is 0 Å². The van der Waals surface area contributed by atoms with Crippen molar-refractivity contribution in [3.05, 3.63) is 71.8 Å². The molecule has 3 aromatic heterocycles. The number of carbonyl (C=O) groups excluding carboxylic acids is 2. The first kappa shape index (κ1) is 25.2. The van der Waals surface area contributed by atoms with E-state index in [1.807, 2.05) is 6.07 Å². The van der Waals surface area contributed by atoms with Crippen LogP contribution in [0.2, 0.25) is 0 Å². The minimum absolute atomic E-state index is 0.0902. The van der Waals surface area contributed by atoms with Crippen LogP contribution < -0.4 is 16.4 Å². The van der Waals surface area contributed by atoms with Gasteiger partial charge in [0.25, 0.3) is 5.91 Å². The van der Waals surface area contributed by atoms with E-state index in [0.717, 1.165) is 0 Å². The summed E-state index contributed by atoms with van der Waals surface area (Å²) in [5.74, 6) is -1.25. The van der Waals surface area contributed by atoms with Crippen molar-refractivity contribution < 1.29 is 19.1 Å². The van der Waals surface area contributed by atoms with Crippen LogP contribution in [-0.4, -0.2) is 54.8 Å². The molecule has 5 N–H and O–H groups in total. The van der Waals surface area contributed by atoms with Gasteiger partial charge >= 0.3 is 0 Å². The Kier molecular flexibility index (Phi) is 6.81. The van der Waals surface area contributed by atoms with E-state index in [-0.39, 0.29) is 11.1 Å². The number of anilines is 2. The lowest BCUT2D eigenvalue weighted by Gasteiger charge is -2.22. The summed E-state index contributed by atoms with van der Waals surface area (Å²) in [5.41, 5.74) is 6.60. The van der Waals surface area contributed by atoms with Gasteiger partial charge in [-0.15, -0.1) is 0 Å². The molecule has 2 amide bonds. The average Bonchev–Trinajstić information content (AvgIpc) is 3.29. The molecule has 0 bridgehead atoms. The summed E-state index contributed by atoms with van der Waals surface area (Å²) in [4.78, 5) is 33.3. The van der Waals surface area contributed by atoms with Gasteiger partial charge in [0.15, 0.2) is 5.65 Å². The SMILES string of the molecule is CC(C)(O)[C@H](F)CNC(=O)c1cnc(-c2cnn3cc(C#N)cnc23)cc1Nc1cccc(C(N)=O)c1. The third kappa shape index (κ3) is 5.52. The average molecular weight is 503 g/mol. The van der Waals surface area contributed by atoms with E-state index in [1.165, 1.54) is 49.2 Å². The van der Waals surface area contributed by atoms with Crippen molar-refractivity contribution in [2.24, 2.45) is 5.73 Å². The third-order valence-electron chi connectivity index (χ3n) is 5.54. The maximum atomic E-state index is 14.2. The van der Waals surface area contributed by atoms with Crippen molar-refractivity contribution in [2.45, 2.75) is 25.6 Å². The number of fused-ring (bicyclic) bond motifs is 1. The van der Waals surface area contributed by atoms with Crippen LogP contribution >= 0.6 is 0 Å². The fraction of sp³-hybridized carbons (Fsp3) is 0.200. The van der Waals surface area contributed by atoms with E-state index in [1.54, 1.807) is 24.3 Å². The molecule has 4 rings (SSSR count). The topological polar surface area (TPSA) is 171 Å². The Morgan fingerprint density at radius 3 is 2.73 bits per heavy atom. The molecule has 3 heterocycles. The molecule has 0 fully saturated rings. The molecular formula is C25H23FN8O3. The molecule has 1 atom stereocenters. The molecule has 0 aliphatic rings. The molecule has 0 aliphatic heterocycles. The van der Waals surface area contributed by atoms with Crippen molar-refractivity contribution >= 4 is 28.8 Å². The van der Waals surface area contributed by atoms with E-state index >= 15 is 0 Å². The van der Waals surface area contributed by atoms with Gasteiger partial charge in [-0.25, -0.2) is 13.9 Å². The van der Waals surface area contributed by atoms with E-state index in [0.29, 0.717) is 33.8 Å². The van der Waals surface area contributed by atoms with E-state index in [9.17, 15) is 19.1 Å². The van der Waals surface area contributed by atoms with Gasteiger partial charge in [0.1, 0.15) is 12.2 Å². The Morgan fingerprint density at radius 2 is 2.03 bits per heavy atom. The summed E-state index contributed by atoms with van der Waals surface area (Å²) in [5, 5.41) is 28.7. The Morgan fingerprint density at radius 1 is 1.24 bits per heavy atom. The van der Waals surface area contributed by atoms with Crippen LogP contribution in [0.25, 0.3) is 16.9 Å². The van der Waals surface area contributed by atoms with Gasteiger partial charge in [-0.2, -0.15) is 10.4 Å². The quantitative estimate of drug-likeness (QED) is 0.284. The van der Waals surface area contributed by atoms with Gasteiger partial charge < -0.3 is 21.5 Å². The molecule has 37 heavy (non-hydrogen) atoms. The van der Waals surface area contributed by atoms with Gasteiger partial charge in [-0.3, -0.25) is 14.6 Å². The molecule has 0 spiro atoms. The van der Waals surface area contributed by atoms with Gasteiger partial charge in [-0.1, -0.05) is 6.07 Å². The Hall–Kier alpha value is -4.89. The summed E-state index contributed by atoms with van der Waals surface area (Å²) in [6, 6.07) is 9.97. The number of nitrogens with one attached hydrogen (secondary N) is 2. The Balaban J connectivity index is 1.73. The van der Waals surface area contributed by atoms with Gasteiger partial charge in [0.05, 0.1) is 52.6 Å². The zero-order valence-electron chi connectivity index (χ0n) is 19.9. The van der Waals surface area contributed by atoms with Crippen LogP contribution in [0.1, 0.15) is 40.1 Å². The second-order valence-electron chi connectivity index (χ2n) is 8.80. The van der Waals surface area contributed by atoms with Crippen molar-refractivity contribution in [1.29, 1.82) is 5.26 Å². The molecule has 4 aromatic rings. The molecular weight excluding hydrogens is 479 g/mol.